The molecule has 302 valence electrons. The Morgan fingerprint density at radius 2 is 1.86 bits per heavy atom. The molecule has 0 radical (unpaired) electrons. The average Bonchev–Trinajstić information content (AvgIpc) is 3.96. The van der Waals surface area contributed by atoms with E-state index in [-0.39, 0.29) is 43.7 Å². The second-order valence-electron chi connectivity index (χ2n) is 16.9. The number of amides is 4. The molecule has 0 bridgehead atoms. The number of thiazole rings is 1. The monoisotopic (exact) mass is 809 g/mol. The van der Waals surface area contributed by atoms with Gasteiger partial charge in [-0.25, -0.2) is 13.4 Å². The Balaban J connectivity index is 1.17. The molecule has 0 spiro atoms. The van der Waals surface area contributed by atoms with Gasteiger partial charge in [0.2, 0.25) is 21.8 Å². The van der Waals surface area contributed by atoms with Crippen molar-refractivity contribution in [2.45, 2.75) is 101 Å². The lowest BCUT2D eigenvalue weighted by atomic mass is 9.92. The summed E-state index contributed by atoms with van der Waals surface area (Å²) in [6.07, 6.45) is 8.29. The largest absolute Gasteiger partial charge is 0.473 e. The molecule has 16 heteroatoms. The highest BCUT2D eigenvalue weighted by atomic mass is 32.2. The Hall–Kier alpha value is -4.31. The number of esters is 1. The van der Waals surface area contributed by atoms with E-state index in [9.17, 15) is 32.4 Å². The normalized spacial score (nSPS) is 28.8. The van der Waals surface area contributed by atoms with E-state index in [1.807, 2.05) is 23.6 Å². The van der Waals surface area contributed by atoms with Crippen LogP contribution in [0.4, 0.5) is 0 Å². The van der Waals surface area contributed by atoms with Crippen LogP contribution in [0.5, 0.6) is 5.19 Å². The molecule has 2 saturated carbocycles. The summed E-state index contributed by atoms with van der Waals surface area (Å²) in [6.45, 7) is 5.95. The van der Waals surface area contributed by atoms with E-state index in [2.05, 4.69) is 15.0 Å². The number of sulfonamides is 1. The summed E-state index contributed by atoms with van der Waals surface area (Å²) in [5, 5.41) is 4.67. The van der Waals surface area contributed by atoms with E-state index >= 15 is 0 Å². The fourth-order valence-corrected chi connectivity index (χ4v) is 10.4. The molecule has 5 aliphatic rings. The zero-order valence-corrected chi connectivity index (χ0v) is 34.0. The van der Waals surface area contributed by atoms with E-state index in [1.165, 1.54) is 16.2 Å². The topological polar surface area (TPSA) is 181 Å². The molecule has 2 N–H and O–H groups in total. The Bertz CT molecular complexity index is 2020. The standard InChI is InChI=1S/C40H51N5O9S2/c1-39(2,3)54-32(46)18-26-11-8-6-5-7-9-14-28-19-40(28,37(50)43-56(51,52)29-15-16-29)42-34(47)33-30-22-44(20-27(30)21-45(33)36(26)49)35(48)25-13-10-12-24(17-25)31-23-55-38(41-31)53-4/h9-10,12-14,17,23,26-30,33H,5-8,11,15-16,18-22H2,1-4H3,(H,42,47)(H,43,50)/b14-9-/t26-,27+,28-,30+,33+,40-/m1/s1. The molecule has 2 saturated heterocycles. The number of ether oxygens (including phenoxy) is 2. The van der Waals surface area contributed by atoms with Crippen LogP contribution in [-0.2, 0) is 33.9 Å². The van der Waals surface area contributed by atoms with Crippen LogP contribution in [0.2, 0.25) is 0 Å². The van der Waals surface area contributed by atoms with E-state index in [0.29, 0.717) is 55.1 Å². The van der Waals surface area contributed by atoms with Crippen molar-refractivity contribution in [3.8, 4) is 16.5 Å². The Morgan fingerprint density at radius 1 is 1.07 bits per heavy atom. The van der Waals surface area contributed by atoms with E-state index < -0.39 is 68.0 Å². The van der Waals surface area contributed by atoms with Gasteiger partial charge < -0.3 is 24.6 Å². The van der Waals surface area contributed by atoms with Gasteiger partial charge in [-0.15, -0.1) is 0 Å². The van der Waals surface area contributed by atoms with Crippen LogP contribution < -0.4 is 14.8 Å². The number of benzene rings is 1. The second kappa shape index (κ2) is 15.6. The number of hydrogen-bond acceptors (Lipinski definition) is 11. The lowest BCUT2D eigenvalue weighted by Crippen LogP contribution is -2.58. The third-order valence-corrected chi connectivity index (χ3v) is 14.1. The molecule has 3 aliphatic heterocycles. The van der Waals surface area contributed by atoms with Gasteiger partial charge in [-0.1, -0.05) is 48.5 Å². The maximum atomic E-state index is 14.7. The number of allylic oxidation sites excluding steroid dienone is 1. The lowest BCUT2D eigenvalue weighted by Gasteiger charge is -2.33. The summed E-state index contributed by atoms with van der Waals surface area (Å²) in [4.78, 5) is 78.0. The molecule has 4 fully saturated rings. The maximum absolute atomic E-state index is 14.7. The van der Waals surface area contributed by atoms with Gasteiger partial charge in [0.05, 0.1) is 24.5 Å². The number of hydrogen-bond donors (Lipinski definition) is 2. The smallest absolute Gasteiger partial charge is 0.307 e. The maximum Gasteiger partial charge on any atom is 0.307 e. The van der Waals surface area contributed by atoms with E-state index in [1.54, 1.807) is 51.0 Å². The minimum absolute atomic E-state index is 0.143. The molecule has 4 amide bonds. The first-order valence-corrected chi connectivity index (χ1v) is 22.0. The van der Waals surface area contributed by atoms with Crippen LogP contribution >= 0.6 is 11.3 Å². The summed E-state index contributed by atoms with van der Waals surface area (Å²) >= 11 is 1.35. The van der Waals surface area contributed by atoms with E-state index in [4.69, 9.17) is 9.47 Å². The predicted octanol–water partition coefficient (Wildman–Crippen LogP) is 4.07. The van der Waals surface area contributed by atoms with Crippen molar-refractivity contribution in [3.05, 3.63) is 47.4 Å². The molecule has 56 heavy (non-hydrogen) atoms. The summed E-state index contributed by atoms with van der Waals surface area (Å²) in [5.74, 6) is -4.35. The van der Waals surface area contributed by atoms with Crippen molar-refractivity contribution >= 4 is 51.0 Å². The molecular formula is C40H51N5O9S2. The third-order valence-electron chi connectivity index (χ3n) is 11.5. The first-order valence-electron chi connectivity index (χ1n) is 19.5. The SMILES string of the molecule is COc1nc(-c2cccc(C(=O)N3C[C@H]4CN5C(=O)[C@@H](CC(=O)OC(C)(C)C)CCCCC/C=C\[C@@H]6C[C@@]6(C(=O)NS(=O)(=O)C6CC6)NC(=O)[C@@H]5[C@H]4C3)c2)cs1. The number of fused-ring (bicyclic) bond motifs is 4. The summed E-state index contributed by atoms with van der Waals surface area (Å²) in [7, 11) is -2.36. The van der Waals surface area contributed by atoms with Gasteiger partial charge in [0, 0.05) is 59.8 Å². The van der Waals surface area contributed by atoms with Crippen molar-refractivity contribution in [2.24, 2.45) is 23.7 Å². The van der Waals surface area contributed by atoms with Crippen LogP contribution in [0.1, 0.15) is 88.9 Å². The molecule has 7 rings (SSSR count). The second-order valence-corrected chi connectivity index (χ2v) is 19.6. The quantitative estimate of drug-likeness (QED) is 0.292. The number of rotatable bonds is 8. The zero-order valence-electron chi connectivity index (χ0n) is 32.3. The molecule has 2 aliphatic carbocycles. The van der Waals surface area contributed by atoms with Gasteiger partial charge in [-0.2, -0.15) is 0 Å². The van der Waals surface area contributed by atoms with Gasteiger partial charge in [-0.05, 0) is 71.4 Å². The van der Waals surface area contributed by atoms with Crippen molar-refractivity contribution in [1.82, 2.24) is 24.8 Å². The number of nitrogens with zero attached hydrogens (tertiary/aromatic N) is 3. The number of aromatic nitrogens is 1. The molecule has 14 nitrogen and oxygen atoms in total. The summed E-state index contributed by atoms with van der Waals surface area (Å²) in [5.41, 5.74) is -0.371. The summed E-state index contributed by atoms with van der Waals surface area (Å²) < 4.78 is 38.9. The molecular weight excluding hydrogens is 759 g/mol. The number of nitrogens with one attached hydrogen (secondary N) is 2. The minimum atomic E-state index is -3.90. The molecule has 4 heterocycles. The van der Waals surface area contributed by atoms with Crippen LogP contribution in [0.25, 0.3) is 11.3 Å². The summed E-state index contributed by atoms with van der Waals surface area (Å²) in [6, 6.07) is 6.09. The van der Waals surface area contributed by atoms with Crippen molar-refractivity contribution in [2.75, 3.05) is 26.7 Å². The zero-order chi connectivity index (χ0) is 40.0. The molecule has 1 aromatic heterocycles. The lowest BCUT2D eigenvalue weighted by molar-refractivity contribution is -0.159. The van der Waals surface area contributed by atoms with Crippen LogP contribution in [0, 0.1) is 23.7 Å². The molecule has 2 aromatic rings. The Morgan fingerprint density at radius 3 is 2.57 bits per heavy atom. The number of methoxy groups -OCH3 is 1. The first kappa shape index (κ1) is 39.9. The van der Waals surface area contributed by atoms with Crippen molar-refractivity contribution in [3.63, 3.8) is 0 Å². The molecule has 1 aromatic carbocycles. The first-order chi connectivity index (χ1) is 26.6. The number of carbonyl (C=O) groups excluding carboxylic acids is 5. The highest BCUT2D eigenvalue weighted by Crippen LogP contribution is 2.47. The highest BCUT2D eigenvalue weighted by molar-refractivity contribution is 7.91. The Kier molecular flexibility index (Phi) is 11.1. The van der Waals surface area contributed by atoms with Crippen molar-refractivity contribution < 1.29 is 41.9 Å². The number of likely N-dealkylation sites (tertiary alicyclic amines) is 1. The van der Waals surface area contributed by atoms with Gasteiger partial charge in [-0.3, -0.25) is 28.7 Å². The average molecular weight is 810 g/mol. The van der Waals surface area contributed by atoms with Crippen LogP contribution in [0.15, 0.2) is 41.8 Å². The van der Waals surface area contributed by atoms with Gasteiger partial charge in [0.25, 0.3) is 17.0 Å². The van der Waals surface area contributed by atoms with Crippen LogP contribution in [0.3, 0.4) is 0 Å². The highest BCUT2D eigenvalue weighted by Gasteiger charge is 2.63. The van der Waals surface area contributed by atoms with Crippen LogP contribution in [-0.4, -0.2) is 102 Å². The fourth-order valence-electron chi connectivity index (χ4n) is 8.43. The molecule has 6 atom stereocenters. The van der Waals surface area contributed by atoms with Gasteiger partial charge in [0.15, 0.2) is 0 Å². The predicted molar refractivity (Wildman–Crippen MR) is 208 cm³/mol. The fraction of sp³-hybridized carbons (Fsp3) is 0.600. The van der Waals surface area contributed by atoms with Gasteiger partial charge in [0.1, 0.15) is 17.2 Å². The molecule has 0 unspecified atom stereocenters. The van der Waals surface area contributed by atoms with E-state index in [0.717, 1.165) is 18.4 Å². The third kappa shape index (κ3) is 8.50. The Labute approximate surface area is 331 Å². The minimum Gasteiger partial charge on any atom is -0.473 e. The van der Waals surface area contributed by atoms with Gasteiger partial charge >= 0.3 is 5.97 Å². The number of carbonyl (C=O) groups is 5. The van der Waals surface area contributed by atoms with Crippen molar-refractivity contribution in [1.29, 1.82) is 0 Å².